The van der Waals surface area contributed by atoms with E-state index < -0.39 is 0 Å². The highest BCUT2D eigenvalue weighted by atomic mass is 16.5. The van der Waals surface area contributed by atoms with Crippen molar-refractivity contribution in [1.29, 1.82) is 0 Å². The molecular formula is C20H31N3O3. The van der Waals surface area contributed by atoms with Crippen molar-refractivity contribution in [1.82, 2.24) is 10.2 Å². The summed E-state index contributed by atoms with van der Waals surface area (Å²) in [5.74, 6) is 2.19. The van der Waals surface area contributed by atoms with Gasteiger partial charge >= 0.3 is 5.97 Å². The first kappa shape index (κ1) is 20.1. The molecule has 1 N–H and O–H groups in total. The third-order valence-corrected chi connectivity index (χ3v) is 4.52. The van der Waals surface area contributed by atoms with E-state index in [1.165, 1.54) is 5.56 Å². The van der Waals surface area contributed by atoms with Crippen molar-refractivity contribution in [2.75, 3.05) is 39.9 Å². The zero-order chi connectivity index (χ0) is 18.8. The van der Waals surface area contributed by atoms with Crippen LogP contribution in [0.1, 0.15) is 44.6 Å². The number of nitrogens with one attached hydrogen (secondary N) is 1. The van der Waals surface area contributed by atoms with E-state index in [4.69, 9.17) is 9.47 Å². The molecule has 1 saturated heterocycles. The number of likely N-dealkylation sites (tertiary alicyclic amines) is 1. The van der Waals surface area contributed by atoms with Gasteiger partial charge in [0.05, 0.1) is 13.7 Å². The second kappa shape index (κ2) is 10.7. The first-order chi connectivity index (χ1) is 12.7. The fraction of sp³-hybridized carbons (Fsp3) is 0.600. The number of esters is 1. The number of carbonyl (C=O) groups excluding carboxylic acids is 1. The predicted octanol–water partition coefficient (Wildman–Crippen LogP) is 2.79. The maximum atomic E-state index is 11.4. The predicted molar refractivity (Wildman–Crippen MR) is 104 cm³/mol. The van der Waals surface area contributed by atoms with Gasteiger partial charge < -0.3 is 19.7 Å². The summed E-state index contributed by atoms with van der Waals surface area (Å²) >= 11 is 0. The van der Waals surface area contributed by atoms with Crippen molar-refractivity contribution in [3.8, 4) is 5.75 Å². The first-order valence-corrected chi connectivity index (χ1v) is 9.50. The van der Waals surface area contributed by atoms with Crippen LogP contribution >= 0.6 is 0 Å². The number of carbonyl (C=O) groups is 1. The fourth-order valence-corrected chi connectivity index (χ4v) is 3.17. The van der Waals surface area contributed by atoms with Gasteiger partial charge in [-0.1, -0.05) is 12.1 Å². The SMILES string of the molecule is CCNC(=NCCCC(=O)OCC)N1CCC(c2ccc(OC)cc2)C1. The molecule has 1 atom stereocenters. The second-order valence-electron chi connectivity index (χ2n) is 6.35. The Morgan fingerprint density at radius 2 is 2.08 bits per heavy atom. The summed E-state index contributed by atoms with van der Waals surface area (Å²) in [5, 5.41) is 3.37. The van der Waals surface area contributed by atoms with E-state index in [1.807, 2.05) is 19.1 Å². The molecule has 1 unspecified atom stereocenters. The highest BCUT2D eigenvalue weighted by molar-refractivity contribution is 5.80. The van der Waals surface area contributed by atoms with Crippen LogP contribution in [0, 0.1) is 0 Å². The lowest BCUT2D eigenvalue weighted by molar-refractivity contribution is -0.143. The zero-order valence-corrected chi connectivity index (χ0v) is 16.2. The van der Waals surface area contributed by atoms with E-state index in [1.54, 1.807) is 7.11 Å². The Morgan fingerprint density at radius 1 is 1.31 bits per heavy atom. The van der Waals surface area contributed by atoms with Crippen LogP contribution < -0.4 is 10.1 Å². The van der Waals surface area contributed by atoms with Crippen LogP contribution in [0.25, 0.3) is 0 Å². The van der Waals surface area contributed by atoms with Crippen molar-refractivity contribution in [3.05, 3.63) is 29.8 Å². The molecule has 0 spiro atoms. The smallest absolute Gasteiger partial charge is 0.305 e. The minimum Gasteiger partial charge on any atom is -0.497 e. The van der Waals surface area contributed by atoms with Gasteiger partial charge in [0, 0.05) is 38.5 Å². The minimum absolute atomic E-state index is 0.145. The Balaban J connectivity index is 1.88. The number of nitrogens with zero attached hydrogens (tertiary/aromatic N) is 2. The Bertz CT molecular complexity index is 586. The lowest BCUT2D eigenvalue weighted by Gasteiger charge is -2.21. The van der Waals surface area contributed by atoms with Crippen LogP contribution in [0.3, 0.4) is 0 Å². The Morgan fingerprint density at radius 3 is 2.73 bits per heavy atom. The molecule has 144 valence electrons. The van der Waals surface area contributed by atoms with Gasteiger partial charge in [-0.05, 0) is 44.4 Å². The van der Waals surface area contributed by atoms with Gasteiger partial charge in [-0.2, -0.15) is 0 Å². The second-order valence-corrected chi connectivity index (χ2v) is 6.35. The van der Waals surface area contributed by atoms with Crippen LogP contribution in [0.15, 0.2) is 29.3 Å². The molecule has 6 nitrogen and oxygen atoms in total. The molecule has 0 radical (unpaired) electrons. The van der Waals surface area contributed by atoms with Crippen molar-refractivity contribution in [2.45, 2.75) is 39.0 Å². The normalized spacial score (nSPS) is 17.3. The molecule has 0 amide bonds. The summed E-state index contributed by atoms with van der Waals surface area (Å²) in [7, 11) is 1.69. The topological polar surface area (TPSA) is 63.2 Å². The standard InChI is InChI=1S/C20H31N3O3/c1-4-21-20(22-13-6-7-19(24)26-5-2)23-14-12-17(15-23)16-8-10-18(25-3)11-9-16/h8-11,17H,4-7,12-15H2,1-3H3,(H,21,22). The molecular weight excluding hydrogens is 330 g/mol. The van der Waals surface area contributed by atoms with Gasteiger partial charge in [-0.25, -0.2) is 0 Å². The van der Waals surface area contributed by atoms with Crippen molar-refractivity contribution < 1.29 is 14.3 Å². The van der Waals surface area contributed by atoms with Crippen LogP contribution in [0.4, 0.5) is 0 Å². The fourth-order valence-electron chi connectivity index (χ4n) is 3.17. The molecule has 1 aliphatic heterocycles. The summed E-state index contributed by atoms with van der Waals surface area (Å²) in [6.45, 7) is 7.74. The number of aliphatic imine (C=N–C) groups is 1. The third kappa shape index (κ3) is 5.93. The third-order valence-electron chi connectivity index (χ3n) is 4.52. The number of hydrogen-bond donors (Lipinski definition) is 1. The molecule has 1 heterocycles. The molecule has 0 bridgehead atoms. The van der Waals surface area contributed by atoms with E-state index in [2.05, 4.69) is 34.3 Å². The summed E-state index contributed by atoms with van der Waals surface area (Å²) in [4.78, 5) is 18.4. The van der Waals surface area contributed by atoms with Crippen molar-refractivity contribution in [3.63, 3.8) is 0 Å². The highest BCUT2D eigenvalue weighted by Crippen LogP contribution is 2.28. The van der Waals surface area contributed by atoms with Crippen molar-refractivity contribution in [2.24, 2.45) is 4.99 Å². The Labute approximate surface area is 156 Å². The van der Waals surface area contributed by atoms with Crippen LogP contribution in [0.2, 0.25) is 0 Å². The molecule has 0 aliphatic carbocycles. The molecule has 1 fully saturated rings. The number of benzene rings is 1. The molecule has 0 aromatic heterocycles. The van der Waals surface area contributed by atoms with Crippen LogP contribution in [0.5, 0.6) is 5.75 Å². The number of rotatable bonds is 8. The monoisotopic (exact) mass is 361 g/mol. The summed E-state index contributed by atoms with van der Waals surface area (Å²) in [5.41, 5.74) is 1.34. The number of ether oxygens (including phenoxy) is 2. The Hall–Kier alpha value is -2.24. The van der Waals surface area contributed by atoms with Gasteiger partial charge in [-0.3, -0.25) is 9.79 Å². The molecule has 6 heteroatoms. The molecule has 2 rings (SSSR count). The molecule has 1 aliphatic rings. The minimum atomic E-state index is -0.145. The molecule has 26 heavy (non-hydrogen) atoms. The summed E-state index contributed by atoms with van der Waals surface area (Å²) < 4.78 is 10.2. The van der Waals surface area contributed by atoms with E-state index in [0.29, 0.717) is 31.9 Å². The van der Waals surface area contributed by atoms with E-state index in [-0.39, 0.29) is 5.97 Å². The first-order valence-electron chi connectivity index (χ1n) is 9.50. The maximum Gasteiger partial charge on any atom is 0.305 e. The number of guanidine groups is 1. The molecule has 0 saturated carbocycles. The van der Waals surface area contributed by atoms with E-state index in [0.717, 1.165) is 37.8 Å². The highest BCUT2D eigenvalue weighted by Gasteiger charge is 2.26. The molecule has 1 aromatic carbocycles. The van der Waals surface area contributed by atoms with Gasteiger partial charge in [-0.15, -0.1) is 0 Å². The van der Waals surface area contributed by atoms with Crippen LogP contribution in [-0.4, -0.2) is 56.7 Å². The van der Waals surface area contributed by atoms with Crippen LogP contribution in [-0.2, 0) is 9.53 Å². The van der Waals surface area contributed by atoms with Gasteiger partial charge in [0.25, 0.3) is 0 Å². The van der Waals surface area contributed by atoms with Crippen molar-refractivity contribution >= 4 is 11.9 Å². The Kier molecular flexibility index (Phi) is 8.25. The maximum absolute atomic E-state index is 11.4. The van der Waals surface area contributed by atoms with Gasteiger partial charge in [0.2, 0.25) is 0 Å². The lowest BCUT2D eigenvalue weighted by Crippen LogP contribution is -2.40. The summed E-state index contributed by atoms with van der Waals surface area (Å²) in [6, 6.07) is 8.34. The number of hydrogen-bond acceptors (Lipinski definition) is 4. The molecule has 1 aromatic rings. The average molecular weight is 361 g/mol. The van der Waals surface area contributed by atoms with E-state index in [9.17, 15) is 4.79 Å². The quantitative estimate of drug-likeness (QED) is 0.334. The average Bonchev–Trinajstić information content (AvgIpc) is 3.14. The lowest BCUT2D eigenvalue weighted by atomic mass is 9.98. The number of methoxy groups -OCH3 is 1. The zero-order valence-electron chi connectivity index (χ0n) is 16.2. The van der Waals surface area contributed by atoms with E-state index >= 15 is 0 Å². The summed E-state index contributed by atoms with van der Waals surface area (Å²) in [6.07, 6.45) is 2.24. The van der Waals surface area contributed by atoms with Gasteiger partial charge in [0.15, 0.2) is 5.96 Å². The van der Waals surface area contributed by atoms with Gasteiger partial charge in [0.1, 0.15) is 5.75 Å². The largest absolute Gasteiger partial charge is 0.497 e.